The van der Waals surface area contributed by atoms with Crippen LogP contribution in [-0.2, 0) is 9.59 Å². The molecule has 1 aliphatic rings. The van der Waals surface area contributed by atoms with Crippen molar-refractivity contribution in [2.75, 3.05) is 18.0 Å². The lowest BCUT2D eigenvalue weighted by molar-refractivity contribution is -0.122. The number of nitrogens with zero attached hydrogens (tertiary/aromatic N) is 1. The highest BCUT2D eigenvalue weighted by molar-refractivity contribution is 6.52. The Morgan fingerprint density at radius 2 is 2.05 bits per heavy atom. The average Bonchev–Trinajstić information content (AvgIpc) is 2.66. The van der Waals surface area contributed by atoms with Crippen LogP contribution in [-0.4, -0.2) is 30.7 Å². The third-order valence-corrected chi connectivity index (χ3v) is 3.35. The van der Waals surface area contributed by atoms with Crippen molar-refractivity contribution in [3.8, 4) is 0 Å². The van der Waals surface area contributed by atoms with Crippen molar-refractivity contribution in [3.05, 3.63) is 29.3 Å². The number of ketones is 1. The molecule has 5 nitrogen and oxygen atoms in total. The Morgan fingerprint density at radius 3 is 2.75 bits per heavy atom. The van der Waals surface area contributed by atoms with Gasteiger partial charge in [0.15, 0.2) is 0 Å². The van der Waals surface area contributed by atoms with Crippen LogP contribution in [0.3, 0.4) is 0 Å². The van der Waals surface area contributed by atoms with Crippen LogP contribution in [0.25, 0.3) is 0 Å². The minimum atomic E-state index is -0.625. The fraction of sp³-hybridized carbons (Fsp3) is 0.400. The Bertz CT molecular complexity index is 566. The quantitative estimate of drug-likeness (QED) is 0.652. The number of hydrogen-bond acceptors (Lipinski definition) is 3. The summed E-state index contributed by atoms with van der Waals surface area (Å²) in [5.74, 6) is -1.40. The van der Waals surface area contributed by atoms with E-state index in [9.17, 15) is 14.4 Å². The van der Waals surface area contributed by atoms with Crippen molar-refractivity contribution < 1.29 is 14.4 Å². The number of aryl methyl sites for hydroxylation is 1. The molecule has 1 aliphatic heterocycles. The predicted octanol–water partition coefficient (Wildman–Crippen LogP) is 1.44. The fourth-order valence-electron chi connectivity index (χ4n) is 2.29. The Kier molecular flexibility index (Phi) is 4.17. The maximum atomic E-state index is 12.0. The van der Waals surface area contributed by atoms with E-state index in [1.54, 1.807) is 12.1 Å². The lowest BCUT2D eigenvalue weighted by Gasteiger charge is -2.17. The molecular formula is C15H18N2O3. The lowest BCUT2D eigenvalue weighted by atomic mass is 10.1. The summed E-state index contributed by atoms with van der Waals surface area (Å²) >= 11 is 0. The number of carbonyl (C=O) groups is 3. The van der Waals surface area contributed by atoms with E-state index in [2.05, 4.69) is 5.32 Å². The molecule has 5 heteroatoms. The van der Waals surface area contributed by atoms with E-state index < -0.39 is 11.7 Å². The fourth-order valence-corrected chi connectivity index (χ4v) is 2.29. The van der Waals surface area contributed by atoms with Gasteiger partial charge >= 0.3 is 0 Å². The number of benzene rings is 1. The molecule has 0 spiro atoms. The van der Waals surface area contributed by atoms with Crippen LogP contribution < -0.4 is 10.2 Å². The molecule has 1 aromatic carbocycles. The highest BCUT2D eigenvalue weighted by Crippen LogP contribution is 2.31. The summed E-state index contributed by atoms with van der Waals surface area (Å²) in [6, 6.07) is 5.19. The van der Waals surface area contributed by atoms with Crippen molar-refractivity contribution >= 4 is 23.3 Å². The molecular weight excluding hydrogens is 256 g/mol. The topological polar surface area (TPSA) is 66.5 Å². The van der Waals surface area contributed by atoms with E-state index in [0.717, 1.165) is 18.4 Å². The van der Waals surface area contributed by atoms with Crippen molar-refractivity contribution in [2.24, 2.45) is 0 Å². The zero-order chi connectivity index (χ0) is 14.7. The third kappa shape index (κ3) is 2.57. The Balaban J connectivity index is 2.16. The van der Waals surface area contributed by atoms with Crippen LogP contribution in [0, 0.1) is 6.92 Å². The first-order valence-corrected chi connectivity index (χ1v) is 6.78. The van der Waals surface area contributed by atoms with Gasteiger partial charge in [0.25, 0.3) is 11.7 Å². The molecule has 2 amide bonds. The maximum Gasteiger partial charge on any atom is 0.299 e. The molecule has 0 fully saturated rings. The molecule has 0 aliphatic carbocycles. The second-order valence-electron chi connectivity index (χ2n) is 4.90. The van der Waals surface area contributed by atoms with E-state index in [1.807, 2.05) is 19.9 Å². The molecule has 0 saturated carbocycles. The first-order valence-electron chi connectivity index (χ1n) is 6.78. The summed E-state index contributed by atoms with van der Waals surface area (Å²) in [6.07, 6.45) is 1.89. The van der Waals surface area contributed by atoms with E-state index >= 15 is 0 Å². The molecule has 1 aromatic rings. The minimum Gasteiger partial charge on any atom is -0.355 e. The zero-order valence-electron chi connectivity index (χ0n) is 11.7. The van der Waals surface area contributed by atoms with Gasteiger partial charge in [-0.3, -0.25) is 19.3 Å². The molecule has 0 aromatic heterocycles. The lowest BCUT2D eigenvalue weighted by Crippen LogP contribution is -2.40. The van der Waals surface area contributed by atoms with Gasteiger partial charge in [0.1, 0.15) is 6.54 Å². The van der Waals surface area contributed by atoms with E-state index in [1.165, 1.54) is 4.90 Å². The molecule has 0 atom stereocenters. The van der Waals surface area contributed by atoms with Crippen LogP contribution in [0.5, 0.6) is 0 Å². The van der Waals surface area contributed by atoms with Crippen molar-refractivity contribution in [1.82, 2.24) is 5.32 Å². The van der Waals surface area contributed by atoms with Gasteiger partial charge < -0.3 is 5.32 Å². The Hall–Kier alpha value is -2.17. The van der Waals surface area contributed by atoms with E-state index in [4.69, 9.17) is 0 Å². The third-order valence-electron chi connectivity index (χ3n) is 3.35. The summed E-state index contributed by atoms with van der Waals surface area (Å²) < 4.78 is 0. The number of para-hydroxylation sites is 1. The average molecular weight is 274 g/mol. The molecule has 2 rings (SSSR count). The second-order valence-corrected chi connectivity index (χ2v) is 4.90. The molecule has 1 heterocycles. The first kappa shape index (κ1) is 14.2. The van der Waals surface area contributed by atoms with Crippen LogP contribution in [0.15, 0.2) is 18.2 Å². The molecule has 0 unspecified atom stereocenters. The zero-order valence-corrected chi connectivity index (χ0v) is 11.7. The smallest absolute Gasteiger partial charge is 0.299 e. The Labute approximate surface area is 118 Å². The SMILES string of the molecule is CCCCNC(=O)CN1C(=O)C(=O)c2cccc(C)c21. The standard InChI is InChI=1S/C15H18N2O3/c1-3-4-8-16-12(18)9-17-13-10(2)6-5-7-11(13)14(19)15(17)20/h5-7H,3-4,8-9H2,1-2H3,(H,16,18). The molecule has 0 bridgehead atoms. The van der Waals surface area contributed by atoms with Crippen LogP contribution >= 0.6 is 0 Å². The number of carbonyl (C=O) groups excluding carboxylic acids is 3. The number of Topliss-reactive ketones (excluding diaryl/α,β-unsaturated/α-hetero) is 1. The predicted molar refractivity (Wildman–Crippen MR) is 75.8 cm³/mol. The monoisotopic (exact) mass is 274 g/mol. The number of rotatable bonds is 5. The van der Waals surface area contributed by atoms with Gasteiger partial charge in [-0.25, -0.2) is 0 Å². The number of amides is 2. The molecule has 106 valence electrons. The molecule has 1 N–H and O–H groups in total. The van der Waals surface area contributed by atoms with Gasteiger partial charge in [-0.15, -0.1) is 0 Å². The van der Waals surface area contributed by atoms with Crippen LogP contribution in [0.2, 0.25) is 0 Å². The number of nitrogens with one attached hydrogen (secondary N) is 1. The highest BCUT2D eigenvalue weighted by Gasteiger charge is 2.37. The van der Waals surface area contributed by atoms with Gasteiger partial charge in [0.05, 0.1) is 11.3 Å². The van der Waals surface area contributed by atoms with Crippen molar-refractivity contribution in [1.29, 1.82) is 0 Å². The summed E-state index contributed by atoms with van der Waals surface area (Å²) in [6.45, 7) is 4.35. The van der Waals surface area contributed by atoms with Gasteiger partial charge in [0, 0.05) is 6.54 Å². The summed E-state index contributed by atoms with van der Waals surface area (Å²) in [5, 5.41) is 2.75. The van der Waals surface area contributed by atoms with Gasteiger partial charge in [0.2, 0.25) is 5.91 Å². The van der Waals surface area contributed by atoms with Gasteiger partial charge in [-0.2, -0.15) is 0 Å². The van der Waals surface area contributed by atoms with Crippen LogP contribution in [0.1, 0.15) is 35.7 Å². The number of fused-ring (bicyclic) bond motifs is 1. The number of unbranched alkanes of at least 4 members (excludes halogenated alkanes) is 1. The second kappa shape index (κ2) is 5.86. The van der Waals surface area contributed by atoms with E-state index in [-0.39, 0.29) is 12.5 Å². The molecule has 0 radical (unpaired) electrons. The molecule has 0 saturated heterocycles. The minimum absolute atomic E-state index is 0.105. The van der Waals surface area contributed by atoms with E-state index in [0.29, 0.717) is 17.8 Å². The van der Waals surface area contributed by atoms with Crippen molar-refractivity contribution in [2.45, 2.75) is 26.7 Å². The number of hydrogen-bond donors (Lipinski definition) is 1. The van der Waals surface area contributed by atoms with Crippen molar-refractivity contribution in [3.63, 3.8) is 0 Å². The highest BCUT2D eigenvalue weighted by atomic mass is 16.2. The summed E-state index contributed by atoms with van der Waals surface area (Å²) in [5.41, 5.74) is 1.77. The number of anilines is 1. The molecule has 20 heavy (non-hydrogen) atoms. The summed E-state index contributed by atoms with van der Waals surface area (Å²) in [4.78, 5) is 37.0. The van der Waals surface area contributed by atoms with Gasteiger partial charge in [-0.1, -0.05) is 25.5 Å². The van der Waals surface area contributed by atoms with Gasteiger partial charge in [-0.05, 0) is 25.0 Å². The first-order chi connectivity index (χ1) is 9.56. The van der Waals surface area contributed by atoms with Crippen LogP contribution in [0.4, 0.5) is 5.69 Å². The largest absolute Gasteiger partial charge is 0.355 e. The summed E-state index contributed by atoms with van der Waals surface area (Å²) in [7, 11) is 0. The Morgan fingerprint density at radius 1 is 1.30 bits per heavy atom. The maximum absolute atomic E-state index is 12.0. The normalized spacial score (nSPS) is 13.6.